The second kappa shape index (κ2) is 7.73. The van der Waals surface area contributed by atoms with E-state index in [2.05, 4.69) is 51.2 Å². The molecule has 28 heavy (non-hydrogen) atoms. The summed E-state index contributed by atoms with van der Waals surface area (Å²) in [4.78, 5) is 22.5. The zero-order valence-corrected chi connectivity index (χ0v) is 17.5. The van der Waals surface area contributed by atoms with Gasteiger partial charge in [-0.25, -0.2) is 0 Å². The monoisotopic (exact) mass is 382 g/mol. The number of fused-ring (bicyclic) bond motifs is 3. The third-order valence-corrected chi connectivity index (χ3v) is 7.21. The summed E-state index contributed by atoms with van der Waals surface area (Å²) in [5.41, 5.74) is 4.53. The molecule has 0 spiro atoms. The van der Waals surface area contributed by atoms with Crippen LogP contribution < -0.4 is 10.4 Å². The highest BCUT2D eigenvalue weighted by molar-refractivity contribution is 5.93. The molecular formula is C24H32NO3-. The summed E-state index contributed by atoms with van der Waals surface area (Å²) in [6.45, 7) is 9.74. The number of aliphatic carboxylic acids is 1. The number of carbonyl (C=O) groups is 2. The molecule has 0 aliphatic heterocycles. The van der Waals surface area contributed by atoms with E-state index in [0.29, 0.717) is 18.4 Å². The van der Waals surface area contributed by atoms with Crippen LogP contribution in [-0.2, 0) is 21.4 Å². The molecule has 0 aromatic heterocycles. The van der Waals surface area contributed by atoms with Gasteiger partial charge in [-0.1, -0.05) is 52.3 Å². The van der Waals surface area contributed by atoms with Crippen molar-refractivity contribution in [1.29, 1.82) is 0 Å². The summed E-state index contributed by atoms with van der Waals surface area (Å²) < 4.78 is 0. The fourth-order valence-electron chi connectivity index (χ4n) is 5.71. The van der Waals surface area contributed by atoms with Gasteiger partial charge in [-0.3, -0.25) is 4.79 Å². The number of carboxylic acids is 1. The van der Waals surface area contributed by atoms with E-state index >= 15 is 0 Å². The molecule has 4 nitrogen and oxygen atoms in total. The predicted octanol–water partition coefficient (Wildman–Crippen LogP) is 3.24. The quantitative estimate of drug-likeness (QED) is 0.795. The molecule has 1 N–H and O–H groups in total. The average Bonchev–Trinajstić information content (AvgIpc) is 2.64. The van der Waals surface area contributed by atoms with E-state index in [-0.39, 0.29) is 16.7 Å². The first-order valence-electron chi connectivity index (χ1n) is 10.5. The Morgan fingerprint density at radius 1 is 1.25 bits per heavy atom. The highest BCUT2D eigenvalue weighted by Crippen LogP contribution is 2.57. The number of benzene rings is 1. The number of aryl methyl sites for hydroxylation is 1. The van der Waals surface area contributed by atoms with E-state index in [9.17, 15) is 14.7 Å². The van der Waals surface area contributed by atoms with Crippen molar-refractivity contribution < 1.29 is 14.7 Å². The first-order valence-corrected chi connectivity index (χ1v) is 10.5. The van der Waals surface area contributed by atoms with Gasteiger partial charge in [0.15, 0.2) is 0 Å². The molecule has 1 amide bonds. The van der Waals surface area contributed by atoms with Crippen LogP contribution in [0.5, 0.6) is 0 Å². The fourth-order valence-corrected chi connectivity index (χ4v) is 5.71. The molecule has 2 aliphatic rings. The van der Waals surface area contributed by atoms with Gasteiger partial charge >= 0.3 is 0 Å². The lowest BCUT2D eigenvalue weighted by Gasteiger charge is -2.55. The molecule has 1 saturated carbocycles. The summed E-state index contributed by atoms with van der Waals surface area (Å²) in [5.74, 6) is -0.681. The van der Waals surface area contributed by atoms with Crippen LogP contribution in [0, 0.1) is 11.3 Å². The number of carbonyl (C=O) groups excluding carboxylic acids is 2. The van der Waals surface area contributed by atoms with Crippen LogP contribution in [-0.4, -0.2) is 18.4 Å². The standard InChI is InChI=1S/C24H33NO3/c1-16(2)17-6-8-19-18(14-17)7-9-20-23(3,12-5-13-24(19,20)4)15-25-21(26)10-11-22(27)28/h6,8,10-11,14,16,20H,5,7,9,12-13,15H2,1-4H3,(H,25,26)(H,27,28)/p-1/b11-10+/t20-,23-,24-/m0/s1. The third-order valence-electron chi connectivity index (χ3n) is 7.21. The SMILES string of the molecule is CC(C)c1ccc2c(c1)CC[C@H]1[C@](C)(CNC(=O)/C=C/C(=O)[O-])CCC[C@@]21C. The van der Waals surface area contributed by atoms with E-state index in [1.807, 2.05) is 0 Å². The first kappa shape index (κ1) is 20.6. The van der Waals surface area contributed by atoms with Gasteiger partial charge in [-0.2, -0.15) is 0 Å². The van der Waals surface area contributed by atoms with Gasteiger partial charge in [0.1, 0.15) is 0 Å². The molecule has 0 unspecified atom stereocenters. The van der Waals surface area contributed by atoms with Crippen LogP contribution in [0.3, 0.4) is 0 Å². The molecule has 0 radical (unpaired) electrons. The van der Waals surface area contributed by atoms with Crippen LogP contribution in [0.1, 0.15) is 76.0 Å². The maximum absolute atomic E-state index is 12.0. The van der Waals surface area contributed by atoms with Gasteiger partial charge in [0, 0.05) is 12.6 Å². The van der Waals surface area contributed by atoms with Gasteiger partial charge < -0.3 is 15.2 Å². The van der Waals surface area contributed by atoms with Crippen LogP contribution in [0.2, 0.25) is 0 Å². The minimum Gasteiger partial charge on any atom is -0.545 e. The van der Waals surface area contributed by atoms with Crippen molar-refractivity contribution in [3.8, 4) is 0 Å². The Balaban J connectivity index is 1.82. The number of rotatable bonds is 5. The molecule has 1 fully saturated rings. The van der Waals surface area contributed by atoms with Crippen LogP contribution in [0.4, 0.5) is 0 Å². The minimum absolute atomic E-state index is 0.00633. The molecule has 152 valence electrons. The number of hydrogen-bond donors (Lipinski definition) is 1. The van der Waals surface area contributed by atoms with Crippen molar-refractivity contribution in [2.45, 2.75) is 71.1 Å². The lowest BCUT2D eigenvalue weighted by molar-refractivity contribution is -0.297. The van der Waals surface area contributed by atoms with E-state index < -0.39 is 5.97 Å². The molecule has 0 saturated heterocycles. The summed E-state index contributed by atoms with van der Waals surface area (Å²) in [7, 11) is 0. The summed E-state index contributed by atoms with van der Waals surface area (Å²) in [6, 6.07) is 7.04. The third kappa shape index (κ3) is 3.87. The first-order chi connectivity index (χ1) is 13.2. The Morgan fingerprint density at radius 3 is 2.68 bits per heavy atom. The van der Waals surface area contributed by atoms with E-state index in [1.165, 1.54) is 23.1 Å². The van der Waals surface area contributed by atoms with E-state index in [4.69, 9.17) is 0 Å². The van der Waals surface area contributed by atoms with E-state index in [0.717, 1.165) is 37.8 Å². The van der Waals surface area contributed by atoms with Crippen LogP contribution in [0.25, 0.3) is 0 Å². The maximum Gasteiger partial charge on any atom is 0.244 e. The zero-order chi connectivity index (χ0) is 20.5. The summed E-state index contributed by atoms with van der Waals surface area (Å²) >= 11 is 0. The normalized spacial score (nSPS) is 29.4. The molecule has 4 heteroatoms. The molecule has 0 heterocycles. The lowest BCUT2D eigenvalue weighted by Crippen LogP contribution is -2.53. The van der Waals surface area contributed by atoms with Gasteiger partial charge in [0.05, 0.1) is 5.97 Å². The average molecular weight is 383 g/mol. The highest BCUT2D eigenvalue weighted by Gasteiger charge is 2.51. The van der Waals surface area contributed by atoms with E-state index in [1.54, 1.807) is 0 Å². The van der Waals surface area contributed by atoms with Gasteiger partial charge in [0.25, 0.3) is 0 Å². The van der Waals surface area contributed by atoms with Crippen molar-refractivity contribution in [2.75, 3.05) is 6.54 Å². The van der Waals surface area contributed by atoms with Crippen molar-refractivity contribution in [2.24, 2.45) is 11.3 Å². The minimum atomic E-state index is -1.35. The highest BCUT2D eigenvalue weighted by atomic mass is 16.4. The van der Waals surface area contributed by atoms with Gasteiger partial charge in [-0.15, -0.1) is 0 Å². The Bertz CT molecular complexity index is 797. The number of amides is 1. The maximum atomic E-state index is 12.0. The number of carboxylic acid groups (broad SMARTS) is 1. The predicted molar refractivity (Wildman–Crippen MR) is 109 cm³/mol. The zero-order valence-electron chi connectivity index (χ0n) is 17.5. The second-order valence-electron chi connectivity index (χ2n) is 9.46. The molecule has 3 rings (SSSR count). The topological polar surface area (TPSA) is 69.2 Å². The van der Waals surface area contributed by atoms with Crippen molar-refractivity contribution in [3.05, 3.63) is 47.0 Å². The Morgan fingerprint density at radius 2 is 2.00 bits per heavy atom. The smallest absolute Gasteiger partial charge is 0.244 e. The van der Waals surface area contributed by atoms with Crippen molar-refractivity contribution in [1.82, 2.24) is 5.32 Å². The molecular weight excluding hydrogens is 350 g/mol. The lowest BCUT2D eigenvalue weighted by atomic mass is 9.49. The summed E-state index contributed by atoms with van der Waals surface area (Å²) in [5, 5.41) is 13.4. The molecule has 1 aromatic rings. The largest absolute Gasteiger partial charge is 0.545 e. The second-order valence-corrected chi connectivity index (χ2v) is 9.46. The van der Waals surface area contributed by atoms with Crippen LogP contribution in [0.15, 0.2) is 30.4 Å². The number of nitrogens with one attached hydrogen (secondary N) is 1. The Hall–Kier alpha value is -2.10. The Kier molecular flexibility index (Phi) is 5.69. The molecule has 0 bridgehead atoms. The Labute approximate surface area is 168 Å². The summed E-state index contributed by atoms with van der Waals surface area (Å²) in [6.07, 6.45) is 7.45. The molecule has 3 atom stereocenters. The van der Waals surface area contributed by atoms with Crippen LogP contribution >= 0.6 is 0 Å². The number of hydrogen-bond acceptors (Lipinski definition) is 3. The van der Waals surface area contributed by atoms with Crippen molar-refractivity contribution >= 4 is 11.9 Å². The molecule has 1 aromatic carbocycles. The van der Waals surface area contributed by atoms with Gasteiger partial charge in [0.2, 0.25) is 5.91 Å². The molecule has 2 aliphatic carbocycles. The van der Waals surface area contributed by atoms with Crippen molar-refractivity contribution in [3.63, 3.8) is 0 Å². The fraction of sp³-hybridized carbons (Fsp3) is 0.583. The van der Waals surface area contributed by atoms with Gasteiger partial charge in [-0.05, 0) is 71.1 Å².